The number of amides is 1. The van der Waals surface area contributed by atoms with Crippen molar-refractivity contribution in [1.82, 2.24) is 9.78 Å². The molecule has 1 amide bonds. The Kier molecular flexibility index (Phi) is 8.58. The van der Waals surface area contributed by atoms with Crippen LogP contribution in [0.3, 0.4) is 0 Å². The van der Waals surface area contributed by atoms with E-state index in [1.807, 2.05) is 4.90 Å². The van der Waals surface area contributed by atoms with E-state index in [9.17, 15) is 22.0 Å². The molecule has 39 heavy (non-hydrogen) atoms. The summed E-state index contributed by atoms with van der Waals surface area (Å²) < 4.78 is 68.9. The van der Waals surface area contributed by atoms with Gasteiger partial charge in [0.05, 0.1) is 37.0 Å². The summed E-state index contributed by atoms with van der Waals surface area (Å²) in [5.74, 6) is -0.540. The first-order valence-electron chi connectivity index (χ1n) is 12.2. The Morgan fingerprint density at radius 1 is 1.13 bits per heavy atom. The summed E-state index contributed by atoms with van der Waals surface area (Å²) in [5, 5.41) is 6.82. The van der Waals surface area contributed by atoms with Crippen LogP contribution in [-0.2, 0) is 16.4 Å². The quantitative estimate of drug-likeness (QED) is 0.397. The lowest BCUT2D eigenvalue weighted by molar-refractivity contribution is 0.102. The van der Waals surface area contributed by atoms with E-state index in [2.05, 4.69) is 10.4 Å². The average Bonchev–Trinajstić information content (AvgIpc) is 3.33. The topological polar surface area (TPSA) is 112 Å². The molecule has 1 N–H and O–H groups in total. The summed E-state index contributed by atoms with van der Waals surface area (Å²) in [7, 11) is -0.754. The number of piperidine rings is 1. The van der Waals surface area contributed by atoms with Crippen molar-refractivity contribution >= 4 is 27.1 Å². The molecule has 1 aromatic heterocycles. The molecule has 10 nitrogen and oxygen atoms in total. The lowest BCUT2D eigenvalue weighted by atomic mass is 10.1. The predicted octanol–water partition coefficient (Wildman–Crippen LogP) is 3.71. The highest BCUT2D eigenvalue weighted by Crippen LogP contribution is 2.33. The van der Waals surface area contributed by atoms with E-state index in [1.54, 1.807) is 12.1 Å². The third-order valence-corrected chi connectivity index (χ3v) is 7.45. The predicted molar refractivity (Wildman–Crippen MR) is 141 cm³/mol. The molecule has 1 aliphatic heterocycles. The van der Waals surface area contributed by atoms with Crippen molar-refractivity contribution in [2.24, 2.45) is 0 Å². The van der Waals surface area contributed by atoms with Crippen LogP contribution in [0.15, 0.2) is 47.5 Å². The second kappa shape index (κ2) is 11.9. The van der Waals surface area contributed by atoms with Gasteiger partial charge in [0.25, 0.3) is 5.91 Å². The van der Waals surface area contributed by atoms with Gasteiger partial charge in [-0.1, -0.05) is 0 Å². The fraction of sp³-hybridized carbons (Fsp3) is 0.385. The number of rotatable bonds is 10. The monoisotopic (exact) mass is 564 g/mol. The number of benzene rings is 2. The average molecular weight is 565 g/mol. The van der Waals surface area contributed by atoms with Crippen LogP contribution in [-0.4, -0.2) is 70.4 Å². The van der Waals surface area contributed by atoms with Crippen LogP contribution >= 0.6 is 0 Å². The highest BCUT2D eigenvalue weighted by atomic mass is 32.2. The number of halogens is 2. The van der Waals surface area contributed by atoms with Gasteiger partial charge in [-0.25, -0.2) is 17.2 Å². The Bertz CT molecular complexity index is 1440. The zero-order valence-corrected chi connectivity index (χ0v) is 22.6. The molecule has 0 bridgehead atoms. The molecule has 3 aromatic rings. The SMILES string of the molecule is COc1ccc(OC2CCN(c3ccc(S(C)(=O)=O)cc3NC(=O)c3cn(CCF)nc3OC)CC2)c(F)c1. The van der Waals surface area contributed by atoms with Gasteiger partial charge in [-0.2, -0.15) is 0 Å². The lowest BCUT2D eigenvalue weighted by Gasteiger charge is -2.35. The molecule has 1 saturated heterocycles. The number of carbonyl (C=O) groups is 1. The normalized spacial score (nSPS) is 14.2. The highest BCUT2D eigenvalue weighted by molar-refractivity contribution is 7.90. The number of alkyl halides is 1. The molecule has 2 aromatic carbocycles. The van der Waals surface area contributed by atoms with Crippen molar-refractivity contribution in [3.05, 3.63) is 54.0 Å². The fourth-order valence-corrected chi connectivity index (χ4v) is 4.97. The number of aryl methyl sites for hydroxylation is 1. The Morgan fingerprint density at radius 2 is 1.87 bits per heavy atom. The molecular formula is C26H30F2N4O6S. The van der Waals surface area contributed by atoms with E-state index >= 15 is 0 Å². The fourth-order valence-electron chi connectivity index (χ4n) is 4.32. The van der Waals surface area contributed by atoms with Crippen molar-refractivity contribution in [3.8, 4) is 17.4 Å². The number of ether oxygens (including phenoxy) is 3. The van der Waals surface area contributed by atoms with Gasteiger partial charge >= 0.3 is 0 Å². The molecule has 2 heterocycles. The largest absolute Gasteiger partial charge is 0.497 e. The number of hydrogen-bond acceptors (Lipinski definition) is 8. The number of nitrogens with zero attached hydrogens (tertiary/aromatic N) is 3. The molecule has 210 valence electrons. The Labute approximate surface area is 225 Å². The van der Waals surface area contributed by atoms with Crippen molar-refractivity contribution in [1.29, 1.82) is 0 Å². The van der Waals surface area contributed by atoms with E-state index in [0.717, 1.165) is 6.26 Å². The Hall–Kier alpha value is -3.87. The Balaban J connectivity index is 1.53. The highest BCUT2D eigenvalue weighted by Gasteiger charge is 2.26. The number of anilines is 2. The number of aromatic nitrogens is 2. The molecule has 0 atom stereocenters. The number of methoxy groups -OCH3 is 2. The van der Waals surface area contributed by atoms with Crippen molar-refractivity contribution in [2.75, 3.05) is 50.5 Å². The van der Waals surface area contributed by atoms with Crippen molar-refractivity contribution in [2.45, 2.75) is 30.4 Å². The molecular weight excluding hydrogens is 534 g/mol. The molecule has 0 unspecified atom stereocenters. The molecule has 0 aliphatic carbocycles. The van der Waals surface area contributed by atoms with Gasteiger partial charge in [0.15, 0.2) is 21.4 Å². The van der Waals surface area contributed by atoms with Gasteiger partial charge in [0.2, 0.25) is 5.88 Å². The van der Waals surface area contributed by atoms with Gasteiger partial charge < -0.3 is 24.4 Å². The van der Waals surface area contributed by atoms with E-state index in [4.69, 9.17) is 14.2 Å². The lowest BCUT2D eigenvalue weighted by Crippen LogP contribution is -2.38. The minimum atomic E-state index is -3.56. The third-order valence-electron chi connectivity index (χ3n) is 6.34. The van der Waals surface area contributed by atoms with Crippen LogP contribution in [0.5, 0.6) is 17.4 Å². The van der Waals surface area contributed by atoms with Crippen LogP contribution in [0.1, 0.15) is 23.2 Å². The third kappa shape index (κ3) is 6.59. The molecule has 0 radical (unpaired) electrons. The number of sulfone groups is 1. The first-order chi connectivity index (χ1) is 18.6. The molecule has 13 heteroatoms. The maximum Gasteiger partial charge on any atom is 0.262 e. The second-order valence-corrected chi connectivity index (χ2v) is 11.0. The first kappa shape index (κ1) is 28.1. The number of carbonyl (C=O) groups excluding carboxylic acids is 1. The summed E-state index contributed by atoms with van der Waals surface area (Å²) in [4.78, 5) is 15.2. The van der Waals surface area contributed by atoms with Crippen LogP contribution in [0.4, 0.5) is 20.2 Å². The molecule has 1 aliphatic rings. The maximum absolute atomic E-state index is 14.3. The zero-order chi connectivity index (χ0) is 28.2. The number of hydrogen-bond donors (Lipinski definition) is 1. The summed E-state index contributed by atoms with van der Waals surface area (Å²) >= 11 is 0. The maximum atomic E-state index is 14.3. The van der Waals surface area contributed by atoms with Crippen LogP contribution in [0, 0.1) is 5.82 Å². The van der Waals surface area contributed by atoms with Crippen LogP contribution in [0.25, 0.3) is 0 Å². The zero-order valence-electron chi connectivity index (χ0n) is 21.8. The number of nitrogens with one attached hydrogen (secondary N) is 1. The summed E-state index contributed by atoms with van der Waals surface area (Å²) in [5.41, 5.74) is 0.971. The van der Waals surface area contributed by atoms with E-state index in [1.165, 1.54) is 49.4 Å². The molecule has 1 fully saturated rings. The van der Waals surface area contributed by atoms with Gasteiger partial charge in [-0.05, 0) is 30.3 Å². The Morgan fingerprint density at radius 3 is 2.49 bits per heavy atom. The van der Waals surface area contributed by atoms with Crippen molar-refractivity contribution in [3.63, 3.8) is 0 Å². The molecule has 4 rings (SSSR count). The van der Waals surface area contributed by atoms with E-state index < -0.39 is 28.2 Å². The first-order valence-corrected chi connectivity index (χ1v) is 14.1. The summed E-state index contributed by atoms with van der Waals surface area (Å²) in [6.07, 6.45) is 3.35. The standard InChI is InChI=1S/C26H30F2N4O6S/c1-36-18-4-7-24(21(28)14-18)38-17-8-11-31(12-9-17)23-6-5-19(39(3,34)35)15-22(23)29-25(33)20-16-32(13-10-27)30-26(20)37-2/h4-7,14-17H,8-13H2,1-3H3,(H,29,33). The van der Waals surface area contributed by atoms with E-state index in [0.29, 0.717) is 37.4 Å². The van der Waals surface area contributed by atoms with Gasteiger partial charge in [0, 0.05) is 44.5 Å². The van der Waals surface area contributed by atoms with Crippen LogP contribution < -0.4 is 24.4 Å². The molecule has 0 spiro atoms. The van der Waals surface area contributed by atoms with Gasteiger partial charge in [-0.3, -0.25) is 9.48 Å². The van der Waals surface area contributed by atoms with Crippen LogP contribution in [0.2, 0.25) is 0 Å². The van der Waals surface area contributed by atoms with Crippen molar-refractivity contribution < 1.29 is 36.2 Å². The smallest absolute Gasteiger partial charge is 0.262 e. The summed E-state index contributed by atoms with van der Waals surface area (Å²) in [6.45, 7) is 0.315. The van der Waals surface area contributed by atoms with Gasteiger partial charge in [-0.15, -0.1) is 5.10 Å². The van der Waals surface area contributed by atoms with E-state index in [-0.39, 0.29) is 40.4 Å². The summed E-state index contributed by atoms with van der Waals surface area (Å²) in [6, 6.07) is 8.94. The molecule has 0 saturated carbocycles. The van der Waals surface area contributed by atoms with Gasteiger partial charge in [0.1, 0.15) is 24.1 Å². The minimum Gasteiger partial charge on any atom is -0.497 e. The second-order valence-electron chi connectivity index (χ2n) is 9.01. The minimum absolute atomic E-state index is 0.0190.